The molecule has 0 saturated carbocycles. The fourth-order valence-corrected chi connectivity index (χ4v) is 1.99. The summed E-state index contributed by atoms with van der Waals surface area (Å²) >= 11 is 0. The quantitative estimate of drug-likeness (QED) is 0.605. The van der Waals surface area contributed by atoms with Crippen molar-refractivity contribution in [3.05, 3.63) is 0 Å². The summed E-state index contributed by atoms with van der Waals surface area (Å²) in [6.07, 6.45) is -0.552. The molecule has 3 heteroatoms. The minimum Gasteiger partial charge on any atom is -0.295 e. The van der Waals surface area contributed by atoms with E-state index in [1.807, 2.05) is 0 Å². The number of alkyl halides is 1. The lowest BCUT2D eigenvalue weighted by atomic mass is 9.94. The molecule has 0 aromatic carbocycles. The van der Waals surface area contributed by atoms with Crippen molar-refractivity contribution in [1.82, 2.24) is 9.80 Å². The summed E-state index contributed by atoms with van der Waals surface area (Å²) in [5.74, 6) is 0. The van der Waals surface area contributed by atoms with Crippen molar-refractivity contribution >= 4 is 0 Å². The number of hydrogen-bond donors (Lipinski definition) is 0. The molecule has 2 rings (SSSR count). The first-order valence-electron chi connectivity index (χ1n) is 5.10. The Hall–Kier alpha value is -0.150. The molecule has 0 radical (unpaired) electrons. The number of rotatable bonds is 1. The van der Waals surface area contributed by atoms with E-state index in [4.69, 9.17) is 0 Å². The van der Waals surface area contributed by atoms with Crippen LogP contribution in [0.15, 0.2) is 0 Å². The van der Waals surface area contributed by atoms with Crippen molar-refractivity contribution in [3.63, 3.8) is 0 Å². The zero-order chi connectivity index (χ0) is 9.64. The van der Waals surface area contributed by atoms with Crippen LogP contribution in [0.4, 0.5) is 4.39 Å². The molecular weight excluding hydrogens is 167 g/mol. The first kappa shape index (κ1) is 9.41. The normalized spacial score (nSPS) is 28.6. The minimum atomic E-state index is -0.552. The first-order chi connectivity index (χ1) is 5.97. The van der Waals surface area contributed by atoms with Crippen LogP contribution < -0.4 is 0 Å². The maximum Gasteiger partial charge on any atom is 0.125 e. The summed E-state index contributed by atoms with van der Waals surface area (Å²) in [6, 6.07) is 0.631. The fourth-order valence-electron chi connectivity index (χ4n) is 1.99. The fraction of sp³-hybridized carbons (Fsp3) is 1.00. The van der Waals surface area contributed by atoms with Crippen LogP contribution in [-0.4, -0.2) is 53.7 Å². The van der Waals surface area contributed by atoms with Crippen LogP contribution >= 0.6 is 0 Å². The molecule has 2 aliphatic rings. The average Bonchev–Trinajstić information content (AvgIpc) is 1.76. The van der Waals surface area contributed by atoms with Gasteiger partial charge in [0, 0.05) is 37.8 Å². The Bertz CT molecular complexity index is 188. The van der Waals surface area contributed by atoms with Crippen LogP contribution in [0.25, 0.3) is 0 Å². The summed E-state index contributed by atoms with van der Waals surface area (Å²) in [5, 5.41) is 0. The lowest BCUT2D eigenvalue weighted by Gasteiger charge is -2.54. The van der Waals surface area contributed by atoms with Gasteiger partial charge in [0.1, 0.15) is 6.17 Å². The van der Waals surface area contributed by atoms with Crippen molar-refractivity contribution in [3.8, 4) is 0 Å². The van der Waals surface area contributed by atoms with E-state index in [0.717, 1.165) is 13.1 Å². The van der Waals surface area contributed by atoms with Crippen molar-refractivity contribution < 1.29 is 4.39 Å². The van der Waals surface area contributed by atoms with E-state index in [9.17, 15) is 4.39 Å². The maximum absolute atomic E-state index is 12.6. The predicted molar refractivity (Wildman–Crippen MR) is 51.6 cm³/mol. The topological polar surface area (TPSA) is 6.48 Å². The Morgan fingerprint density at radius 1 is 1.08 bits per heavy atom. The molecule has 0 aromatic heterocycles. The molecule has 0 aromatic rings. The highest BCUT2D eigenvalue weighted by Crippen LogP contribution is 2.27. The van der Waals surface area contributed by atoms with Gasteiger partial charge in [0.05, 0.1) is 0 Å². The lowest BCUT2D eigenvalue weighted by Crippen LogP contribution is -2.69. The first-order valence-corrected chi connectivity index (χ1v) is 5.10. The number of likely N-dealkylation sites (tertiary alicyclic amines) is 2. The van der Waals surface area contributed by atoms with Gasteiger partial charge in [-0.3, -0.25) is 9.80 Å². The minimum absolute atomic E-state index is 0.288. The Labute approximate surface area is 79.7 Å². The van der Waals surface area contributed by atoms with Gasteiger partial charge in [0.2, 0.25) is 0 Å². The van der Waals surface area contributed by atoms with Gasteiger partial charge in [-0.1, -0.05) is 0 Å². The Morgan fingerprint density at radius 2 is 1.62 bits per heavy atom. The van der Waals surface area contributed by atoms with E-state index in [-0.39, 0.29) is 5.54 Å². The molecule has 2 fully saturated rings. The van der Waals surface area contributed by atoms with E-state index in [0.29, 0.717) is 19.1 Å². The molecule has 2 heterocycles. The van der Waals surface area contributed by atoms with Gasteiger partial charge in [-0.2, -0.15) is 0 Å². The highest BCUT2D eigenvalue weighted by molar-refractivity contribution is 4.98. The van der Waals surface area contributed by atoms with Gasteiger partial charge < -0.3 is 0 Å². The van der Waals surface area contributed by atoms with Gasteiger partial charge in [-0.25, -0.2) is 4.39 Å². The van der Waals surface area contributed by atoms with E-state index in [1.54, 1.807) is 0 Å². The average molecular weight is 186 g/mol. The third kappa shape index (κ3) is 1.72. The molecule has 0 spiro atoms. The third-order valence-corrected chi connectivity index (χ3v) is 3.19. The molecule has 76 valence electrons. The van der Waals surface area contributed by atoms with Crippen LogP contribution in [0.2, 0.25) is 0 Å². The van der Waals surface area contributed by atoms with Crippen molar-refractivity contribution in [2.24, 2.45) is 0 Å². The number of hydrogen-bond acceptors (Lipinski definition) is 2. The van der Waals surface area contributed by atoms with Gasteiger partial charge in [-0.15, -0.1) is 0 Å². The van der Waals surface area contributed by atoms with Crippen LogP contribution in [0, 0.1) is 0 Å². The third-order valence-electron chi connectivity index (χ3n) is 3.19. The zero-order valence-electron chi connectivity index (χ0n) is 8.76. The number of halogens is 1. The SMILES string of the molecule is CC(C)(C)N1CC(N2CC(F)C2)C1. The van der Waals surface area contributed by atoms with Crippen LogP contribution in [0.3, 0.4) is 0 Å². The Morgan fingerprint density at radius 3 is 2.00 bits per heavy atom. The van der Waals surface area contributed by atoms with Crippen LogP contribution in [-0.2, 0) is 0 Å². The standard InChI is InChI=1S/C10H19FN2/c1-10(2,3)13-6-9(7-13)12-4-8(11)5-12/h8-9H,4-7H2,1-3H3. The van der Waals surface area contributed by atoms with Gasteiger partial charge in [0.25, 0.3) is 0 Å². The highest BCUT2D eigenvalue weighted by atomic mass is 19.1. The van der Waals surface area contributed by atoms with Gasteiger partial charge >= 0.3 is 0 Å². The van der Waals surface area contributed by atoms with Gasteiger partial charge in [0.15, 0.2) is 0 Å². The van der Waals surface area contributed by atoms with E-state index in [1.165, 1.54) is 0 Å². The molecule has 0 atom stereocenters. The molecule has 0 unspecified atom stereocenters. The molecule has 0 aliphatic carbocycles. The molecular formula is C10H19FN2. The summed E-state index contributed by atoms with van der Waals surface area (Å²) in [4.78, 5) is 4.70. The summed E-state index contributed by atoms with van der Waals surface area (Å²) in [6.45, 7) is 10.3. The second kappa shape index (κ2) is 2.92. The Balaban J connectivity index is 1.73. The lowest BCUT2D eigenvalue weighted by molar-refractivity contribution is -0.0704. The van der Waals surface area contributed by atoms with E-state index < -0.39 is 6.17 Å². The van der Waals surface area contributed by atoms with Crippen molar-refractivity contribution in [2.45, 2.75) is 38.5 Å². The highest BCUT2D eigenvalue weighted by Gasteiger charge is 2.41. The predicted octanol–water partition coefficient (Wildman–Crippen LogP) is 1.12. The second-order valence-corrected chi connectivity index (χ2v) is 5.28. The van der Waals surface area contributed by atoms with Crippen molar-refractivity contribution in [1.29, 1.82) is 0 Å². The van der Waals surface area contributed by atoms with Gasteiger partial charge in [-0.05, 0) is 20.8 Å². The number of nitrogens with zero attached hydrogens (tertiary/aromatic N) is 2. The van der Waals surface area contributed by atoms with Crippen LogP contribution in [0.1, 0.15) is 20.8 Å². The van der Waals surface area contributed by atoms with E-state index in [2.05, 4.69) is 30.6 Å². The smallest absolute Gasteiger partial charge is 0.125 e. The second-order valence-electron chi connectivity index (χ2n) is 5.28. The molecule has 2 saturated heterocycles. The summed E-state index contributed by atoms with van der Waals surface area (Å²) < 4.78 is 12.6. The summed E-state index contributed by atoms with van der Waals surface area (Å²) in [7, 11) is 0. The molecule has 0 N–H and O–H groups in total. The molecule has 0 bridgehead atoms. The Kier molecular flexibility index (Phi) is 2.11. The van der Waals surface area contributed by atoms with Crippen LogP contribution in [0.5, 0.6) is 0 Å². The molecule has 2 aliphatic heterocycles. The summed E-state index contributed by atoms with van der Waals surface area (Å²) in [5.41, 5.74) is 0.288. The molecule has 2 nitrogen and oxygen atoms in total. The molecule has 13 heavy (non-hydrogen) atoms. The monoisotopic (exact) mass is 186 g/mol. The molecule has 0 amide bonds. The maximum atomic E-state index is 12.6. The van der Waals surface area contributed by atoms with E-state index >= 15 is 0 Å². The zero-order valence-corrected chi connectivity index (χ0v) is 8.76. The van der Waals surface area contributed by atoms with Crippen molar-refractivity contribution in [2.75, 3.05) is 26.2 Å². The largest absolute Gasteiger partial charge is 0.295 e.